The Kier molecular flexibility index (Phi) is 4.31. The number of carbonyl (C=O) groups is 2. The Morgan fingerprint density at radius 3 is 2.29 bits per heavy atom. The molecule has 4 N–H and O–H groups in total. The molecule has 2 rings (SSSR count). The normalized spacial score (nSPS) is 32.8. The quantitative estimate of drug-likeness (QED) is 0.455. The zero-order valence-electron chi connectivity index (χ0n) is 12.6. The number of carbonyl (C=O) groups excluding carboxylic acids is 2. The van der Waals surface area contributed by atoms with Crippen LogP contribution in [-0.4, -0.2) is 60.4 Å². The van der Waals surface area contributed by atoms with Gasteiger partial charge in [-0.15, -0.1) is 0 Å². The molecule has 0 amide bonds. The van der Waals surface area contributed by atoms with Crippen molar-refractivity contribution < 1.29 is 34.0 Å². The lowest BCUT2D eigenvalue weighted by Crippen LogP contribution is -2.66. The van der Waals surface area contributed by atoms with Gasteiger partial charge in [-0.1, -0.05) is 0 Å². The van der Waals surface area contributed by atoms with Crippen molar-refractivity contribution in [2.45, 2.75) is 37.4 Å². The van der Waals surface area contributed by atoms with E-state index in [1.54, 1.807) is 4.98 Å². The van der Waals surface area contributed by atoms with Gasteiger partial charge in [-0.25, -0.2) is 4.79 Å². The number of ketones is 2. The number of aliphatic hydroxyl groups excluding tert-OH is 1. The van der Waals surface area contributed by atoms with Gasteiger partial charge >= 0.3 is 5.69 Å². The Labute approximate surface area is 133 Å². The van der Waals surface area contributed by atoms with E-state index >= 15 is 0 Å². The molecule has 0 aliphatic carbocycles. The minimum Gasteiger partial charge on any atom is -0.394 e. The van der Waals surface area contributed by atoms with Gasteiger partial charge in [0.2, 0.25) is 11.4 Å². The highest BCUT2D eigenvalue weighted by Gasteiger charge is 2.71. The molecule has 1 aromatic heterocycles. The molecule has 24 heavy (non-hydrogen) atoms. The zero-order chi connectivity index (χ0) is 18.4. The van der Waals surface area contributed by atoms with Gasteiger partial charge in [0, 0.05) is 0 Å². The summed E-state index contributed by atoms with van der Waals surface area (Å²) < 4.78 is 18.9. The second-order valence-electron chi connectivity index (χ2n) is 5.45. The smallest absolute Gasteiger partial charge is 0.330 e. The Bertz CT molecular complexity index is 817. The Hall–Kier alpha value is -2.21. The second-order valence-corrected chi connectivity index (χ2v) is 5.45. The maximum Gasteiger partial charge on any atom is 0.330 e. The van der Waals surface area contributed by atoms with E-state index in [1.807, 2.05) is 0 Å². The predicted octanol–water partition coefficient (Wildman–Crippen LogP) is -2.79. The van der Waals surface area contributed by atoms with Crippen molar-refractivity contribution in [3.63, 3.8) is 0 Å². The molecule has 1 saturated heterocycles. The molecule has 2 heterocycles. The fourth-order valence-corrected chi connectivity index (χ4v) is 2.80. The van der Waals surface area contributed by atoms with Gasteiger partial charge in [-0.3, -0.25) is 23.9 Å². The van der Waals surface area contributed by atoms with Gasteiger partial charge in [0.25, 0.3) is 5.56 Å². The summed E-state index contributed by atoms with van der Waals surface area (Å²) in [6.45, 7) is 0.679. The number of hydrogen-bond donors (Lipinski definition) is 4. The third-order valence-electron chi connectivity index (χ3n) is 4.11. The summed E-state index contributed by atoms with van der Waals surface area (Å²) in [6, 6.07) is 0. The SMILES string of the molecule is CC(=O)[C@@]1(O)[C@@H](CO)O[C@@H](n2cc(F)c(=O)[nH]c2=O)[C@@]1(O)C(C)=O. The van der Waals surface area contributed by atoms with Gasteiger partial charge < -0.3 is 20.1 Å². The highest BCUT2D eigenvalue weighted by molar-refractivity contribution is 5.98. The zero-order valence-corrected chi connectivity index (χ0v) is 12.6. The van der Waals surface area contributed by atoms with Gasteiger partial charge in [0.05, 0.1) is 12.8 Å². The van der Waals surface area contributed by atoms with E-state index in [1.165, 1.54) is 0 Å². The van der Waals surface area contributed by atoms with Crippen LogP contribution in [0.3, 0.4) is 0 Å². The van der Waals surface area contributed by atoms with Crippen LogP contribution in [0.5, 0.6) is 0 Å². The van der Waals surface area contributed by atoms with E-state index in [2.05, 4.69) is 0 Å². The van der Waals surface area contributed by atoms with Crippen molar-refractivity contribution in [1.29, 1.82) is 0 Å². The number of Topliss-reactive ketones (excluding diaryl/α,β-unsaturated/α-hetero) is 2. The summed E-state index contributed by atoms with van der Waals surface area (Å²) in [7, 11) is 0. The average Bonchev–Trinajstić information content (AvgIpc) is 2.74. The first kappa shape index (κ1) is 18.1. The van der Waals surface area contributed by atoms with Crippen LogP contribution < -0.4 is 11.2 Å². The van der Waals surface area contributed by atoms with Gasteiger partial charge in [-0.2, -0.15) is 4.39 Å². The van der Waals surface area contributed by atoms with E-state index in [4.69, 9.17) is 4.74 Å². The molecule has 4 atom stereocenters. The van der Waals surface area contributed by atoms with E-state index in [0.717, 1.165) is 13.8 Å². The Morgan fingerprint density at radius 1 is 1.29 bits per heavy atom. The number of nitrogens with zero attached hydrogens (tertiary/aromatic N) is 1. The van der Waals surface area contributed by atoms with Gasteiger partial charge in [0.15, 0.2) is 23.4 Å². The number of halogens is 1. The topological polar surface area (TPSA) is 159 Å². The summed E-state index contributed by atoms with van der Waals surface area (Å²) in [5, 5.41) is 30.6. The maximum atomic E-state index is 13.5. The van der Waals surface area contributed by atoms with Crippen LogP contribution in [-0.2, 0) is 14.3 Å². The highest BCUT2D eigenvalue weighted by atomic mass is 19.1. The lowest BCUT2D eigenvalue weighted by molar-refractivity contribution is -0.181. The number of nitrogens with one attached hydrogen (secondary N) is 1. The highest BCUT2D eigenvalue weighted by Crippen LogP contribution is 2.46. The van der Waals surface area contributed by atoms with E-state index in [-0.39, 0.29) is 0 Å². The van der Waals surface area contributed by atoms with E-state index in [0.29, 0.717) is 10.8 Å². The number of ether oxygens (including phenoxy) is 1. The predicted molar refractivity (Wildman–Crippen MR) is 73.5 cm³/mol. The fourth-order valence-electron chi connectivity index (χ4n) is 2.80. The van der Waals surface area contributed by atoms with Crippen molar-refractivity contribution in [3.8, 4) is 0 Å². The Morgan fingerprint density at radius 2 is 1.83 bits per heavy atom. The van der Waals surface area contributed by atoms with Crippen LogP contribution >= 0.6 is 0 Å². The third kappa shape index (κ3) is 2.17. The number of hydrogen-bond acceptors (Lipinski definition) is 8. The molecule has 11 heteroatoms. The van der Waals surface area contributed by atoms with Crippen molar-refractivity contribution >= 4 is 11.6 Å². The molecule has 1 aromatic rings. The molecule has 0 unspecified atom stereocenters. The lowest BCUT2D eigenvalue weighted by Gasteiger charge is -2.36. The van der Waals surface area contributed by atoms with Crippen LogP contribution in [0.2, 0.25) is 0 Å². The average molecular weight is 346 g/mol. The van der Waals surface area contributed by atoms with E-state index < -0.39 is 58.8 Å². The van der Waals surface area contributed by atoms with E-state index in [9.17, 15) is 38.9 Å². The van der Waals surface area contributed by atoms with Crippen LogP contribution in [0, 0.1) is 5.82 Å². The molecule has 0 saturated carbocycles. The molecular formula is C13H15FN2O8. The van der Waals surface area contributed by atoms with Gasteiger partial charge in [0.1, 0.15) is 6.10 Å². The molecule has 10 nitrogen and oxygen atoms in total. The summed E-state index contributed by atoms with van der Waals surface area (Å²) >= 11 is 0. The monoisotopic (exact) mass is 346 g/mol. The molecule has 0 aromatic carbocycles. The van der Waals surface area contributed by atoms with Crippen LogP contribution in [0.15, 0.2) is 15.8 Å². The van der Waals surface area contributed by atoms with Crippen molar-refractivity contribution in [2.24, 2.45) is 0 Å². The van der Waals surface area contributed by atoms with Crippen molar-refractivity contribution in [1.82, 2.24) is 9.55 Å². The number of aromatic amines is 1. The molecule has 0 radical (unpaired) electrons. The number of aromatic nitrogens is 2. The minimum absolute atomic E-state index is 0.321. The fraction of sp³-hybridized carbons (Fsp3) is 0.538. The first-order valence-corrected chi connectivity index (χ1v) is 6.75. The van der Waals surface area contributed by atoms with Crippen LogP contribution in [0.25, 0.3) is 0 Å². The standard InChI is InChI=1S/C13H15FN2O8/c1-5(18)12(22)8(4-17)24-10(13(12,23)6(2)19)16-3-7(14)9(20)15-11(16)21/h3,8,10,17,22-23H,4H2,1-2H3,(H,15,20,21)/t8-,10-,12-,13+/m1/s1. The largest absolute Gasteiger partial charge is 0.394 e. The molecular weight excluding hydrogens is 331 g/mol. The van der Waals surface area contributed by atoms with Crippen molar-refractivity contribution in [3.05, 3.63) is 32.9 Å². The number of rotatable bonds is 4. The summed E-state index contributed by atoms with van der Waals surface area (Å²) in [5.74, 6) is -3.71. The van der Waals surface area contributed by atoms with Gasteiger partial charge in [-0.05, 0) is 13.8 Å². The minimum atomic E-state index is -3.00. The molecule has 0 spiro atoms. The molecule has 132 valence electrons. The molecule has 1 aliphatic heterocycles. The Balaban J connectivity index is 2.78. The summed E-state index contributed by atoms with van der Waals surface area (Å²) in [4.78, 5) is 48.4. The first-order valence-electron chi connectivity index (χ1n) is 6.75. The number of H-pyrrole nitrogens is 1. The van der Waals surface area contributed by atoms with Crippen molar-refractivity contribution in [2.75, 3.05) is 6.61 Å². The van der Waals surface area contributed by atoms with Crippen LogP contribution in [0.1, 0.15) is 20.1 Å². The lowest BCUT2D eigenvalue weighted by atomic mass is 9.75. The first-order chi connectivity index (χ1) is 11.0. The number of aliphatic hydroxyl groups is 3. The summed E-state index contributed by atoms with van der Waals surface area (Å²) in [5.41, 5.74) is -8.48. The second kappa shape index (κ2) is 5.70. The summed E-state index contributed by atoms with van der Waals surface area (Å²) in [6.07, 6.45) is -3.46. The van der Waals surface area contributed by atoms with Crippen LogP contribution in [0.4, 0.5) is 4.39 Å². The maximum absolute atomic E-state index is 13.5. The molecule has 0 bridgehead atoms. The third-order valence-corrected chi connectivity index (χ3v) is 4.11. The molecule has 1 aliphatic rings. The molecule has 1 fully saturated rings.